The Morgan fingerprint density at radius 2 is 1.84 bits per heavy atom. The zero-order valence-electron chi connectivity index (χ0n) is 16.1. The van der Waals surface area contributed by atoms with Crippen LogP contribution in [0.5, 0.6) is 5.75 Å². The fourth-order valence-electron chi connectivity index (χ4n) is 2.99. The minimum Gasteiger partial charge on any atom is -0.404 e. The Morgan fingerprint density at radius 1 is 1.03 bits per heavy atom. The molecule has 0 fully saturated rings. The number of benzene rings is 2. The second-order valence-electron chi connectivity index (χ2n) is 6.59. The SMILES string of the molecule is CC(=O)Nc1cccc(-c2ccc3nc(Nc4ccccc4OC(F)(F)F)nn3c2)c1. The first kappa shape index (κ1) is 20.2. The van der Waals surface area contributed by atoms with Crippen LogP contribution in [-0.4, -0.2) is 26.9 Å². The second kappa shape index (κ2) is 7.98. The highest BCUT2D eigenvalue weighted by Gasteiger charge is 2.32. The third-order valence-electron chi connectivity index (χ3n) is 4.21. The average molecular weight is 427 g/mol. The zero-order chi connectivity index (χ0) is 22.0. The highest BCUT2D eigenvalue weighted by molar-refractivity contribution is 5.89. The molecule has 0 atom stereocenters. The predicted octanol–water partition coefficient (Wildman–Crippen LogP) is 5.00. The molecule has 31 heavy (non-hydrogen) atoms. The number of nitrogens with one attached hydrogen (secondary N) is 2. The minimum absolute atomic E-state index is 0.0824. The summed E-state index contributed by atoms with van der Waals surface area (Å²) >= 11 is 0. The number of aromatic nitrogens is 3. The molecule has 10 heteroatoms. The summed E-state index contributed by atoms with van der Waals surface area (Å²) in [6.45, 7) is 1.43. The largest absolute Gasteiger partial charge is 0.573 e. The molecule has 2 aromatic heterocycles. The Kier molecular flexibility index (Phi) is 5.20. The van der Waals surface area contributed by atoms with E-state index in [2.05, 4.69) is 25.5 Å². The van der Waals surface area contributed by atoms with Crippen LogP contribution in [0.4, 0.5) is 30.5 Å². The molecule has 0 spiro atoms. The molecule has 7 nitrogen and oxygen atoms in total. The van der Waals surface area contributed by atoms with Gasteiger partial charge in [0.15, 0.2) is 11.4 Å². The van der Waals surface area contributed by atoms with Gasteiger partial charge in [0.2, 0.25) is 11.9 Å². The molecule has 0 aliphatic heterocycles. The normalized spacial score (nSPS) is 11.4. The van der Waals surface area contributed by atoms with Gasteiger partial charge in [0, 0.05) is 24.4 Å². The Bertz CT molecular complexity index is 1250. The number of rotatable bonds is 5. The summed E-state index contributed by atoms with van der Waals surface area (Å²) in [5.74, 6) is -0.443. The minimum atomic E-state index is -4.81. The maximum atomic E-state index is 12.6. The van der Waals surface area contributed by atoms with Crippen LogP contribution < -0.4 is 15.4 Å². The third-order valence-corrected chi connectivity index (χ3v) is 4.21. The first-order valence-corrected chi connectivity index (χ1v) is 9.13. The Morgan fingerprint density at radius 3 is 2.61 bits per heavy atom. The van der Waals surface area contributed by atoms with Crippen LogP contribution in [0.25, 0.3) is 16.8 Å². The molecule has 0 aliphatic rings. The summed E-state index contributed by atoms with van der Waals surface area (Å²) in [5.41, 5.74) is 2.91. The number of alkyl halides is 3. The summed E-state index contributed by atoms with van der Waals surface area (Å²) in [4.78, 5) is 15.6. The van der Waals surface area contributed by atoms with Crippen LogP contribution >= 0.6 is 0 Å². The lowest BCUT2D eigenvalue weighted by molar-refractivity contribution is -0.274. The summed E-state index contributed by atoms with van der Waals surface area (Å²) in [5, 5.41) is 9.78. The zero-order valence-corrected chi connectivity index (χ0v) is 16.1. The number of pyridine rings is 1. The van der Waals surface area contributed by atoms with E-state index in [0.717, 1.165) is 11.1 Å². The number of hydrogen-bond donors (Lipinski definition) is 2. The fraction of sp³-hybridized carbons (Fsp3) is 0.0952. The van der Waals surface area contributed by atoms with E-state index in [1.807, 2.05) is 24.3 Å². The van der Waals surface area contributed by atoms with Gasteiger partial charge in [-0.3, -0.25) is 4.79 Å². The Hall–Kier alpha value is -4.08. The molecule has 0 saturated carbocycles. The summed E-state index contributed by atoms with van der Waals surface area (Å²) in [6.07, 6.45) is -3.08. The molecule has 2 aromatic carbocycles. The van der Waals surface area contributed by atoms with Crippen molar-refractivity contribution in [2.45, 2.75) is 13.3 Å². The highest BCUT2D eigenvalue weighted by Crippen LogP contribution is 2.31. The number of nitrogens with zero attached hydrogens (tertiary/aromatic N) is 3. The number of hydrogen-bond acceptors (Lipinski definition) is 5. The molecule has 4 aromatic rings. The van der Waals surface area contributed by atoms with Crippen LogP contribution in [0.15, 0.2) is 66.9 Å². The van der Waals surface area contributed by atoms with Crippen molar-refractivity contribution >= 4 is 28.9 Å². The molecule has 0 aliphatic carbocycles. The van der Waals surface area contributed by atoms with E-state index in [4.69, 9.17) is 0 Å². The topological polar surface area (TPSA) is 80.5 Å². The summed E-state index contributed by atoms with van der Waals surface area (Å²) < 4.78 is 43.4. The van der Waals surface area contributed by atoms with Crippen molar-refractivity contribution in [3.8, 4) is 16.9 Å². The van der Waals surface area contributed by atoms with Crippen molar-refractivity contribution in [2.75, 3.05) is 10.6 Å². The van der Waals surface area contributed by atoms with Gasteiger partial charge in [-0.15, -0.1) is 18.3 Å². The molecule has 0 radical (unpaired) electrons. The number of ether oxygens (including phenoxy) is 1. The van der Waals surface area contributed by atoms with E-state index < -0.39 is 6.36 Å². The van der Waals surface area contributed by atoms with Gasteiger partial charge < -0.3 is 15.4 Å². The molecule has 158 valence electrons. The Labute approximate surface area is 174 Å². The van der Waals surface area contributed by atoms with Gasteiger partial charge in [-0.05, 0) is 42.0 Å². The number of amides is 1. The standard InChI is InChI=1S/C21H16F3N5O2/c1-13(30)25-16-6-4-5-14(11-16)15-9-10-19-27-20(28-29(19)12-15)26-17-7-2-3-8-18(17)31-21(22,23)24/h2-12H,1H3,(H,25,30)(H,26,28). The number of anilines is 3. The molecule has 0 bridgehead atoms. The molecular formula is C21H16F3N5O2. The maximum absolute atomic E-state index is 12.6. The fourth-order valence-corrected chi connectivity index (χ4v) is 2.99. The van der Waals surface area contributed by atoms with E-state index in [9.17, 15) is 18.0 Å². The summed E-state index contributed by atoms with van der Waals surface area (Å²) in [7, 11) is 0. The molecule has 1 amide bonds. The monoisotopic (exact) mass is 427 g/mol. The lowest BCUT2D eigenvalue weighted by Gasteiger charge is -2.12. The van der Waals surface area contributed by atoms with Gasteiger partial charge in [-0.2, -0.15) is 4.98 Å². The predicted molar refractivity (Wildman–Crippen MR) is 109 cm³/mol. The van der Waals surface area contributed by atoms with Crippen LogP contribution in [0.3, 0.4) is 0 Å². The van der Waals surface area contributed by atoms with Crippen molar-refractivity contribution < 1.29 is 22.7 Å². The smallest absolute Gasteiger partial charge is 0.404 e. The van der Waals surface area contributed by atoms with Gasteiger partial charge in [0.1, 0.15) is 0 Å². The lowest BCUT2D eigenvalue weighted by Crippen LogP contribution is -2.17. The van der Waals surface area contributed by atoms with E-state index in [0.29, 0.717) is 11.3 Å². The molecule has 2 heterocycles. The van der Waals surface area contributed by atoms with E-state index in [1.165, 1.54) is 29.6 Å². The van der Waals surface area contributed by atoms with Crippen LogP contribution in [0.2, 0.25) is 0 Å². The maximum Gasteiger partial charge on any atom is 0.573 e. The van der Waals surface area contributed by atoms with Gasteiger partial charge >= 0.3 is 6.36 Å². The van der Waals surface area contributed by atoms with Crippen LogP contribution in [0, 0.1) is 0 Å². The molecule has 0 unspecified atom stereocenters. The molecular weight excluding hydrogens is 411 g/mol. The number of fused-ring (bicyclic) bond motifs is 1. The molecule has 2 N–H and O–H groups in total. The van der Waals surface area contributed by atoms with Crippen molar-refractivity contribution in [1.82, 2.24) is 14.6 Å². The average Bonchev–Trinajstić information content (AvgIpc) is 3.09. The van der Waals surface area contributed by atoms with Crippen molar-refractivity contribution in [2.24, 2.45) is 0 Å². The highest BCUT2D eigenvalue weighted by atomic mass is 19.4. The van der Waals surface area contributed by atoms with Crippen LogP contribution in [0.1, 0.15) is 6.92 Å². The third kappa shape index (κ3) is 4.92. The number of carbonyl (C=O) groups is 1. The lowest BCUT2D eigenvalue weighted by atomic mass is 10.1. The van der Waals surface area contributed by atoms with Crippen molar-refractivity contribution in [1.29, 1.82) is 0 Å². The first-order chi connectivity index (χ1) is 14.8. The van der Waals surface area contributed by atoms with E-state index >= 15 is 0 Å². The number of halogens is 3. The molecule has 4 rings (SSSR count). The van der Waals surface area contributed by atoms with Gasteiger partial charge in [0.25, 0.3) is 0 Å². The van der Waals surface area contributed by atoms with Gasteiger partial charge in [0.05, 0.1) is 5.69 Å². The van der Waals surface area contributed by atoms with Crippen molar-refractivity contribution in [3.05, 3.63) is 66.9 Å². The number of para-hydroxylation sites is 2. The summed E-state index contributed by atoms with van der Waals surface area (Å²) in [6, 6.07) is 16.5. The van der Waals surface area contributed by atoms with Gasteiger partial charge in [-0.25, -0.2) is 4.52 Å². The van der Waals surface area contributed by atoms with Gasteiger partial charge in [-0.1, -0.05) is 24.3 Å². The van der Waals surface area contributed by atoms with Crippen LogP contribution in [-0.2, 0) is 4.79 Å². The second-order valence-corrected chi connectivity index (χ2v) is 6.59. The van der Waals surface area contributed by atoms with Crippen molar-refractivity contribution in [3.63, 3.8) is 0 Å². The Balaban J connectivity index is 1.62. The quantitative estimate of drug-likeness (QED) is 0.469. The van der Waals surface area contributed by atoms with E-state index in [-0.39, 0.29) is 23.3 Å². The molecule has 0 saturated heterocycles. The first-order valence-electron chi connectivity index (χ1n) is 9.13. The van der Waals surface area contributed by atoms with E-state index in [1.54, 1.807) is 24.4 Å². The number of carbonyl (C=O) groups excluding carboxylic acids is 1.